The molecule has 0 aromatic carbocycles. The molecule has 0 bridgehead atoms. The minimum absolute atomic E-state index is 0.419. The van der Waals surface area contributed by atoms with Crippen molar-refractivity contribution >= 4 is 23.5 Å². The number of nitrogens with zero attached hydrogens (tertiary/aromatic N) is 2. The topological polar surface area (TPSA) is 51.0 Å². The van der Waals surface area contributed by atoms with Crippen molar-refractivity contribution in [3.63, 3.8) is 0 Å². The number of aromatic nitrogens is 2. The van der Waals surface area contributed by atoms with Gasteiger partial charge >= 0.3 is 0 Å². The van der Waals surface area contributed by atoms with E-state index in [4.69, 9.17) is 9.51 Å². The van der Waals surface area contributed by atoms with Crippen LogP contribution in [-0.2, 0) is 0 Å². The van der Waals surface area contributed by atoms with Crippen LogP contribution in [0.1, 0.15) is 49.1 Å². The largest absolute Gasteiger partial charge is 0.339 e. The third-order valence-corrected chi connectivity index (χ3v) is 6.61. The van der Waals surface area contributed by atoms with Gasteiger partial charge in [-0.2, -0.15) is 16.7 Å². The highest BCUT2D eigenvalue weighted by Crippen LogP contribution is 2.38. The van der Waals surface area contributed by atoms with Gasteiger partial charge in [0.05, 0.1) is 11.2 Å². The molecule has 1 aromatic rings. The fraction of sp³-hybridized carbons (Fsp3) is 0.846. The van der Waals surface area contributed by atoms with Gasteiger partial charge in [-0.25, -0.2) is 0 Å². The summed E-state index contributed by atoms with van der Waals surface area (Å²) >= 11 is 3.95. The first-order valence-electron chi connectivity index (χ1n) is 7.14. The summed E-state index contributed by atoms with van der Waals surface area (Å²) in [6.07, 6.45) is 3.66. The maximum Gasteiger partial charge on any atom is 0.231 e. The Morgan fingerprint density at radius 3 is 3.11 bits per heavy atom. The molecule has 106 valence electrons. The number of likely N-dealkylation sites (N-methyl/N-ethyl adjacent to an activating group) is 1. The average molecular weight is 299 g/mol. The van der Waals surface area contributed by atoms with E-state index in [1.165, 1.54) is 30.8 Å². The summed E-state index contributed by atoms with van der Waals surface area (Å²) in [6.45, 7) is 3.17. The van der Waals surface area contributed by atoms with Crippen LogP contribution in [0.4, 0.5) is 0 Å². The molecule has 6 heteroatoms. The van der Waals surface area contributed by atoms with E-state index in [0.29, 0.717) is 17.2 Å². The molecule has 2 fully saturated rings. The van der Waals surface area contributed by atoms with Crippen molar-refractivity contribution in [2.24, 2.45) is 0 Å². The normalized spacial score (nSPS) is 31.7. The molecule has 2 heterocycles. The molecular weight excluding hydrogens is 278 g/mol. The fourth-order valence-corrected chi connectivity index (χ4v) is 5.52. The monoisotopic (exact) mass is 299 g/mol. The molecule has 19 heavy (non-hydrogen) atoms. The molecule has 0 spiro atoms. The quantitative estimate of drug-likeness (QED) is 0.922. The van der Waals surface area contributed by atoms with Crippen LogP contribution in [0.25, 0.3) is 0 Å². The Morgan fingerprint density at radius 2 is 2.32 bits per heavy atom. The van der Waals surface area contributed by atoms with E-state index >= 15 is 0 Å². The number of rotatable bonds is 4. The van der Waals surface area contributed by atoms with Crippen molar-refractivity contribution in [2.45, 2.75) is 43.4 Å². The second-order valence-electron chi connectivity index (χ2n) is 5.13. The Balaban J connectivity index is 1.69. The molecule has 0 amide bonds. The molecule has 3 unspecified atom stereocenters. The zero-order chi connectivity index (χ0) is 13.1. The molecule has 3 atom stereocenters. The van der Waals surface area contributed by atoms with Crippen LogP contribution in [0.2, 0.25) is 0 Å². The number of hydrogen-bond acceptors (Lipinski definition) is 6. The Morgan fingerprint density at radius 1 is 1.37 bits per heavy atom. The van der Waals surface area contributed by atoms with Crippen LogP contribution in [0.3, 0.4) is 0 Å². The molecule has 4 nitrogen and oxygen atoms in total. The van der Waals surface area contributed by atoms with Crippen molar-refractivity contribution in [1.82, 2.24) is 15.5 Å². The highest BCUT2D eigenvalue weighted by molar-refractivity contribution is 8.06. The zero-order valence-electron chi connectivity index (χ0n) is 11.3. The van der Waals surface area contributed by atoms with Crippen LogP contribution in [0.15, 0.2) is 4.52 Å². The number of hydrogen-bond donors (Lipinski definition) is 1. The molecule has 1 aromatic heterocycles. The molecule has 1 saturated heterocycles. The van der Waals surface area contributed by atoms with E-state index < -0.39 is 0 Å². The third kappa shape index (κ3) is 3.11. The predicted molar refractivity (Wildman–Crippen MR) is 80.9 cm³/mol. The van der Waals surface area contributed by atoms with Crippen molar-refractivity contribution in [3.05, 3.63) is 11.7 Å². The van der Waals surface area contributed by atoms with E-state index in [1.807, 2.05) is 23.5 Å². The van der Waals surface area contributed by atoms with Crippen molar-refractivity contribution in [2.75, 3.05) is 23.8 Å². The summed E-state index contributed by atoms with van der Waals surface area (Å²) in [5.74, 6) is 5.75. The molecule has 3 rings (SSSR count). The SMILES string of the molecule is CCNC1CCCC1c1nc(C2CSCCS2)no1. The smallest absolute Gasteiger partial charge is 0.231 e. The summed E-state index contributed by atoms with van der Waals surface area (Å²) in [6, 6.07) is 0.520. The van der Waals surface area contributed by atoms with Crippen LogP contribution in [0.5, 0.6) is 0 Å². The molecule has 0 radical (unpaired) electrons. The van der Waals surface area contributed by atoms with Crippen LogP contribution < -0.4 is 5.32 Å². The third-order valence-electron chi connectivity index (χ3n) is 3.86. The Labute approximate surface area is 122 Å². The minimum Gasteiger partial charge on any atom is -0.339 e. The van der Waals surface area contributed by atoms with Gasteiger partial charge < -0.3 is 9.84 Å². The van der Waals surface area contributed by atoms with E-state index in [2.05, 4.69) is 17.4 Å². The van der Waals surface area contributed by atoms with Crippen molar-refractivity contribution in [3.8, 4) is 0 Å². The predicted octanol–water partition coefficient (Wildman–Crippen LogP) is 2.84. The summed E-state index contributed by atoms with van der Waals surface area (Å²) in [7, 11) is 0. The Kier molecular flexibility index (Phi) is 4.71. The van der Waals surface area contributed by atoms with Gasteiger partial charge in [-0.05, 0) is 19.4 Å². The lowest BCUT2D eigenvalue weighted by atomic mass is 10.0. The van der Waals surface area contributed by atoms with Crippen molar-refractivity contribution < 1.29 is 4.52 Å². The first-order chi connectivity index (χ1) is 9.38. The molecule has 1 saturated carbocycles. The second kappa shape index (κ2) is 6.50. The minimum atomic E-state index is 0.419. The van der Waals surface area contributed by atoms with Gasteiger partial charge in [0, 0.05) is 23.3 Å². The van der Waals surface area contributed by atoms with Crippen LogP contribution in [-0.4, -0.2) is 40.0 Å². The van der Waals surface area contributed by atoms with Gasteiger partial charge in [-0.15, -0.1) is 11.8 Å². The zero-order valence-corrected chi connectivity index (χ0v) is 12.9. The van der Waals surface area contributed by atoms with Crippen LogP contribution in [0, 0.1) is 0 Å². The maximum absolute atomic E-state index is 5.55. The molecule has 1 N–H and O–H groups in total. The second-order valence-corrected chi connectivity index (χ2v) is 7.59. The summed E-state index contributed by atoms with van der Waals surface area (Å²) < 4.78 is 5.55. The molecule has 2 aliphatic rings. The lowest BCUT2D eigenvalue weighted by molar-refractivity contribution is 0.329. The van der Waals surface area contributed by atoms with E-state index in [1.54, 1.807) is 0 Å². The van der Waals surface area contributed by atoms with Gasteiger partial charge in [0.25, 0.3) is 0 Å². The van der Waals surface area contributed by atoms with Gasteiger partial charge in [0.1, 0.15) is 0 Å². The van der Waals surface area contributed by atoms with Gasteiger partial charge in [-0.3, -0.25) is 0 Å². The lowest BCUT2D eigenvalue weighted by Crippen LogP contribution is -2.31. The Bertz CT molecular complexity index is 406. The van der Waals surface area contributed by atoms with E-state index in [9.17, 15) is 0 Å². The number of nitrogens with one attached hydrogen (secondary N) is 1. The standard InChI is InChI=1S/C13H21N3OS2/c1-2-14-10-5-3-4-9(10)13-15-12(16-17-13)11-8-18-6-7-19-11/h9-11,14H,2-8H2,1H3. The summed E-state index contributed by atoms with van der Waals surface area (Å²) in [4.78, 5) is 4.70. The number of thioether (sulfide) groups is 2. The maximum atomic E-state index is 5.55. The van der Waals surface area contributed by atoms with Crippen molar-refractivity contribution in [1.29, 1.82) is 0 Å². The highest BCUT2D eigenvalue weighted by Gasteiger charge is 2.33. The molecule has 1 aliphatic carbocycles. The van der Waals surface area contributed by atoms with E-state index in [0.717, 1.165) is 24.0 Å². The van der Waals surface area contributed by atoms with E-state index in [-0.39, 0.29) is 0 Å². The highest BCUT2D eigenvalue weighted by atomic mass is 32.2. The summed E-state index contributed by atoms with van der Waals surface area (Å²) in [5, 5.41) is 8.20. The summed E-state index contributed by atoms with van der Waals surface area (Å²) in [5.41, 5.74) is 0. The molecule has 1 aliphatic heterocycles. The Hall–Kier alpha value is -0.200. The van der Waals surface area contributed by atoms with Gasteiger partial charge in [0.15, 0.2) is 5.82 Å². The average Bonchev–Trinajstić information content (AvgIpc) is 3.08. The lowest BCUT2D eigenvalue weighted by Gasteiger charge is -2.18. The van der Waals surface area contributed by atoms with Gasteiger partial charge in [0.2, 0.25) is 5.89 Å². The fourth-order valence-electron chi connectivity index (χ4n) is 2.93. The van der Waals surface area contributed by atoms with Gasteiger partial charge in [-0.1, -0.05) is 18.5 Å². The molecular formula is C13H21N3OS2. The first-order valence-corrected chi connectivity index (χ1v) is 9.35. The first kappa shape index (κ1) is 13.8. The van der Waals surface area contributed by atoms with Crippen LogP contribution >= 0.6 is 23.5 Å².